The third-order valence-electron chi connectivity index (χ3n) is 5.10. The van der Waals surface area contributed by atoms with Crippen LogP contribution in [-0.2, 0) is 4.79 Å². The maximum Gasteiger partial charge on any atom is 0.266 e. The number of pyridine rings is 1. The standard InChI is InChI=1S/C23H24N4OS/c1-5-24-23-26(6-2)22(28)21(29-23)14-18-12-15(3)27(16(18)4)19-9-10-20-17(13-19)8-7-11-25-20/h7-14H,5-6H2,1-4H3/b21-14-,24-23?. The Labute approximate surface area is 175 Å². The van der Waals surface area contributed by atoms with Crippen LogP contribution in [0.4, 0.5) is 0 Å². The molecule has 1 saturated heterocycles. The van der Waals surface area contributed by atoms with Crippen LogP contribution >= 0.6 is 11.8 Å². The number of likely N-dealkylation sites (N-methyl/N-ethyl adjacent to an activating group) is 1. The van der Waals surface area contributed by atoms with Crippen LogP contribution in [0.15, 0.2) is 52.5 Å². The van der Waals surface area contributed by atoms with Crippen molar-refractivity contribution in [3.05, 3.63) is 64.5 Å². The Morgan fingerprint density at radius 1 is 1.17 bits per heavy atom. The normalized spacial score (nSPS) is 17.2. The fourth-order valence-electron chi connectivity index (χ4n) is 3.71. The van der Waals surface area contributed by atoms with Gasteiger partial charge in [-0.2, -0.15) is 0 Å². The van der Waals surface area contributed by atoms with Gasteiger partial charge in [-0.25, -0.2) is 0 Å². The van der Waals surface area contributed by atoms with E-state index in [0.29, 0.717) is 13.1 Å². The van der Waals surface area contributed by atoms with Crippen LogP contribution in [0.5, 0.6) is 0 Å². The molecule has 3 heterocycles. The van der Waals surface area contributed by atoms with E-state index in [2.05, 4.69) is 52.7 Å². The summed E-state index contributed by atoms with van der Waals surface area (Å²) in [4.78, 5) is 24.1. The summed E-state index contributed by atoms with van der Waals surface area (Å²) < 4.78 is 2.22. The van der Waals surface area contributed by atoms with E-state index in [9.17, 15) is 4.79 Å². The molecular formula is C23H24N4OS. The molecule has 0 saturated carbocycles. The first-order valence-corrected chi connectivity index (χ1v) is 10.6. The summed E-state index contributed by atoms with van der Waals surface area (Å²) in [6.45, 7) is 9.45. The number of hydrogen-bond acceptors (Lipinski definition) is 4. The minimum atomic E-state index is 0.0336. The minimum Gasteiger partial charge on any atom is -0.318 e. The SMILES string of the molecule is CCN=C1S/C(=C\c2cc(C)n(-c3ccc4ncccc4c3)c2C)C(=O)N1CC. The molecule has 5 nitrogen and oxygen atoms in total. The molecule has 1 aromatic carbocycles. The Morgan fingerprint density at radius 3 is 2.76 bits per heavy atom. The van der Waals surface area contributed by atoms with Crippen molar-refractivity contribution < 1.29 is 4.79 Å². The first-order chi connectivity index (χ1) is 14.0. The first kappa shape index (κ1) is 19.5. The van der Waals surface area contributed by atoms with Crippen molar-refractivity contribution >= 4 is 39.8 Å². The number of carbonyl (C=O) groups excluding carboxylic acids is 1. The lowest BCUT2D eigenvalue weighted by Gasteiger charge is -2.11. The molecule has 0 bridgehead atoms. The number of aromatic nitrogens is 2. The van der Waals surface area contributed by atoms with E-state index in [1.165, 1.54) is 11.8 Å². The number of amides is 1. The fourth-order valence-corrected chi connectivity index (χ4v) is 4.81. The minimum absolute atomic E-state index is 0.0336. The number of fused-ring (bicyclic) bond motifs is 1. The second-order valence-corrected chi connectivity index (χ2v) is 7.97. The van der Waals surface area contributed by atoms with Gasteiger partial charge in [0.05, 0.1) is 10.4 Å². The van der Waals surface area contributed by atoms with Gasteiger partial charge in [-0.15, -0.1) is 0 Å². The maximum atomic E-state index is 12.8. The molecule has 4 rings (SSSR count). The van der Waals surface area contributed by atoms with Crippen molar-refractivity contribution in [1.82, 2.24) is 14.5 Å². The molecule has 148 valence electrons. The predicted molar refractivity (Wildman–Crippen MR) is 121 cm³/mol. The van der Waals surface area contributed by atoms with Crippen LogP contribution < -0.4 is 0 Å². The highest BCUT2D eigenvalue weighted by Gasteiger charge is 2.32. The van der Waals surface area contributed by atoms with Crippen LogP contribution in [-0.4, -0.2) is 38.6 Å². The van der Waals surface area contributed by atoms with Crippen LogP contribution in [0.3, 0.4) is 0 Å². The predicted octanol–water partition coefficient (Wildman–Crippen LogP) is 4.95. The molecule has 1 amide bonds. The highest BCUT2D eigenvalue weighted by molar-refractivity contribution is 8.18. The summed E-state index contributed by atoms with van der Waals surface area (Å²) >= 11 is 1.46. The smallest absolute Gasteiger partial charge is 0.266 e. The van der Waals surface area contributed by atoms with Crippen molar-refractivity contribution in [3.8, 4) is 5.69 Å². The van der Waals surface area contributed by atoms with Gasteiger partial charge in [-0.05, 0) is 81.4 Å². The maximum absolute atomic E-state index is 12.8. The zero-order chi connectivity index (χ0) is 20.5. The van der Waals surface area contributed by atoms with Gasteiger partial charge >= 0.3 is 0 Å². The Bertz CT molecular complexity index is 1160. The second-order valence-electron chi connectivity index (χ2n) is 6.96. The van der Waals surface area contributed by atoms with E-state index in [0.717, 1.165) is 43.6 Å². The summed E-state index contributed by atoms with van der Waals surface area (Å²) in [7, 11) is 0. The number of rotatable bonds is 4. The lowest BCUT2D eigenvalue weighted by Crippen LogP contribution is -2.28. The van der Waals surface area contributed by atoms with Gasteiger partial charge < -0.3 is 4.57 Å². The molecule has 0 aliphatic carbocycles. The van der Waals surface area contributed by atoms with Gasteiger partial charge in [-0.3, -0.25) is 19.7 Å². The van der Waals surface area contributed by atoms with Crippen LogP contribution in [0.2, 0.25) is 0 Å². The molecule has 0 N–H and O–H groups in total. The highest BCUT2D eigenvalue weighted by atomic mass is 32.2. The Hall–Kier alpha value is -2.86. The van der Waals surface area contributed by atoms with E-state index in [1.807, 2.05) is 38.3 Å². The molecule has 1 aliphatic heterocycles. The van der Waals surface area contributed by atoms with Gasteiger partial charge in [0.15, 0.2) is 5.17 Å². The Kier molecular flexibility index (Phi) is 5.28. The molecule has 0 spiro atoms. The molecule has 1 aliphatic rings. The largest absolute Gasteiger partial charge is 0.318 e. The lowest BCUT2D eigenvalue weighted by molar-refractivity contribution is -0.122. The molecule has 0 unspecified atom stereocenters. The quantitative estimate of drug-likeness (QED) is 0.578. The van der Waals surface area contributed by atoms with Gasteiger partial charge in [0.2, 0.25) is 0 Å². The van der Waals surface area contributed by atoms with Crippen molar-refractivity contribution in [1.29, 1.82) is 0 Å². The van der Waals surface area contributed by atoms with Gasteiger partial charge in [-0.1, -0.05) is 6.07 Å². The Balaban J connectivity index is 1.75. The topological polar surface area (TPSA) is 50.5 Å². The summed E-state index contributed by atoms with van der Waals surface area (Å²) in [5.41, 5.74) is 5.37. The summed E-state index contributed by atoms with van der Waals surface area (Å²) in [5, 5.41) is 1.90. The molecule has 29 heavy (non-hydrogen) atoms. The third-order valence-corrected chi connectivity index (χ3v) is 6.14. The van der Waals surface area contributed by atoms with E-state index < -0.39 is 0 Å². The molecule has 2 aromatic heterocycles. The van der Waals surface area contributed by atoms with Crippen molar-refractivity contribution in [2.75, 3.05) is 13.1 Å². The zero-order valence-corrected chi connectivity index (χ0v) is 18.0. The molecule has 3 aromatic rings. The molecule has 6 heteroatoms. The van der Waals surface area contributed by atoms with Crippen LogP contribution in [0.1, 0.15) is 30.8 Å². The Morgan fingerprint density at radius 2 is 2.00 bits per heavy atom. The number of thioether (sulfide) groups is 1. The number of hydrogen-bond donors (Lipinski definition) is 0. The second kappa shape index (κ2) is 7.87. The molecule has 0 radical (unpaired) electrons. The van der Waals surface area contributed by atoms with Crippen molar-refractivity contribution in [2.24, 2.45) is 4.99 Å². The van der Waals surface area contributed by atoms with E-state index in [-0.39, 0.29) is 5.91 Å². The first-order valence-electron chi connectivity index (χ1n) is 9.83. The summed E-state index contributed by atoms with van der Waals surface area (Å²) in [5.74, 6) is 0.0336. The number of aryl methyl sites for hydroxylation is 1. The monoisotopic (exact) mass is 404 g/mol. The number of carbonyl (C=O) groups is 1. The molecule has 0 atom stereocenters. The molecular weight excluding hydrogens is 380 g/mol. The zero-order valence-electron chi connectivity index (χ0n) is 17.1. The molecule has 1 fully saturated rings. The lowest BCUT2D eigenvalue weighted by atomic mass is 10.2. The average molecular weight is 405 g/mol. The van der Waals surface area contributed by atoms with E-state index in [4.69, 9.17) is 0 Å². The van der Waals surface area contributed by atoms with Crippen LogP contribution in [0, 0.1) is 13.8 Å². The van der Waals surface area contributed by atoms with Crippen LogP contribution in [0.25, 0.3) is 22.7 Å². The summed E-state index contributed by atoms with van der Waals surface area (Å²) in [6, 6.07) is 12.4. The third kappa shape index (κ3) is 3.49. The van der Waals surface area contributed by atoms with Crippen molar-refractivity contribution in [3.63, 3.8) is 0 Å². The van der Waals surface area contributed by atoms with Gasteiger partial charge in [0.1, 0.15) is 0 Å². The summed E-state index contributed by atoms with van der Waals surface area (Å²) in [6.07, 6.45) is 3.81. The average Bonchev–Trinajstić information content (AvgIpc) is 3.17. The fraction of sp³-hybridized carbons (Fsp3) is 0.261. The van der Waals surface area contributed by atoms with Crippen molar-refractivity contribution in [2.45, 2.75) is 27.7 Å². The number of nitrogens with zero attached hydrogens (tertiary/aromatic N) is 4. The number of aliphatic imine (C=N–C) groups is 1. The van der Waals surface area contributed by atoms with E-state index in [1.54, 1.807) is 4.90 Å². The van der Waals surface area contributed by atoms with Gasteiger partial charge in [0, 0.05) is 41.7 Å². The van der Waals surface area contributed by atoms with Gasteiger partial charge in [0.25, 0.3) is 5.91 Å². The van der Waals surface area contributed by atoms with E-state index >= 15 is 0 Å². The number of amidine groups is 1. The number of benzene rings is 1. The highest BCUT2D eigenvalue weighted by Crippen LogP contribution is 2.34.